The van der Waals surface area contributed by atoms with Crippen LogP contribution in [0.4, 0.5) is 0 Å². The molecule has 0 aliphatic rings. The Balaban J connectivity index is 1.43. The first-order chi connectivity index (χ1) is 15.1. The van der Waals surface area contributed by atoms with Gasteiger partial charge in [-0.15, -0.1) is 0 Å². The summed E-state index contributed by atoms with van der Waals surface area (Å²) in [5, 5.41) is 6.20. The second kappa shape index (κ2) is 8.10. The molecule has 0 aliphatic heterocycles. The third kappa shape index (κ3) is 3.78. The molecular weight excluding hydrogens is 433 g/mol. The standard InChI is InChI=1S/C24H17Cl2N3O2/c25-19-8-5-15(13-20(19)26)9-10-27-23(30)22-21(28-24-29(22)11-12-31-24)18-7-6-16-3-1-2-4-17(16)14-18/h1-8,11-14H,9-10H2,(H,27,30). The summed E-state index contributed by atoms with van der Waals surface area (Å²) in [4.78, 5) is 17.7. The van der Waals surface area contributed by atoms with Gasteiger partial charge < -0.3 is 9.73 Å². The van der Waals surface area contributed by atoms with E-state index in [-0.39, 0.29) is 5.91 Å². The molecule has 0 radical (unpaired) electrons. The van der Waals surface area contributed by atoms with Crippen LogP contribution in [-0.4, -0.2) is 21.8 Å². The van der Waals surface area contributed by atoms with Crippen LogP contribution in [0.5, 0.6) is 0 Å². The first-order valence-corrected chi connectivity index (χ1v) is 10.5. The SMILES string of the molecule is O=C(NCCc1ccc(Cl)c(Cl)c1)c1c(-c2ccc3ccccc3c2)nc2occn12. The Morgan fingerprint density at radius 3 is 2.68 bits per heavy atom. The lowest BCUT2D eigenvalue weighted by atomic mass is 10.0. The number of carbonyl (C=O) groups excluding carboxylic acids is 1. The van der Waals surface area contributed by atoms with Gasteiger partial charge in [0, 0.05) is 18.3 Å². The summed E-state index contributed by atoms with van der Waals surface area (Å²) in [5.74, 6) is 0.148. The Kier molecular flexibility index (Phi) is 5.14. The van der Waals surface area contributed by atoms with Crippen molar-refractivity contribution in [1.29, 1.82) is 0 Å². The van der Waals surface area contributed by atoms with Crippen molar-refractivity contribution in [2.45, 2.75) is 6.42 Å². The van der Waals surface area contributed by atoms with E-state index in [4.69, 9.17) is 27.6 Å². The minimum Gasteiger partial charge on any atom is -0.432 e. The maximum atomic E-state index is 13.1. The van der Waals surface area contributed by atoms with E-state index in [0.29, 0.717) is 40.2 Å². The minimum absolute atomic E-state index is 0.225. The number of nitrogens with one attached hydrogen (secondary N) is 1. The van der Waals surface area contributed by atoms with Gasteiger partial charge in [0.1, 0.15) is 17.7 Å². The summed E-state index contributed by atoms with van der Waals surface area (Å²) in [7, 11) is 0. The van der Waals surface area contributed by atoms with Crippen molar-refractivity contribution in [2.75, 3.05) is 6.54 Å². The van der Waals surface area contributed by atoms with Crippen LogP contribution in [0.1, 0.15) is 16.1 Å². The molecule has 3 aromatic carbocycles. The second-order valence-electron chi connectivity index (χ2n) is 7.18. The lowest BCUT2D eigenvalue weighted by Gasteiger charge is -2.08. The monoisotopic (exact) mass is 449 g/mol. The maximum Gasteiger partial charge on any atom is 0.306 e. The molecule has 1 amide bonds. The van der Waals surface area contributed by atoms with Gasteiger partial charge in [-0.2, -0.15) is 4.98 Å². The number of hydrogen-bond acceptors (Lipinski definition) is 3. The van der Waals surface area contributed by atoms with E-state index in [1.807, 2.05) is 48.5 Å². The molecule has 31 heavy (non-hydrogen) atoms. The summed E-state index contributed by atoms with van der Waals surface area (Å²) in [5.41, 5.74) is 2.86. The van der Waals surface area contributed by atoms with Crippen LogP contribution in [0.3, 0.4) is 0 Å². The number of imidazole rings is 1. The average Bonchev–Trinajstić information content (AvgIpc) is 3.37. The number of benzene rings is 3. The third-order valence-electron chi connectivity index (χ3n) is 5.18. The zero-order valence-corrected chi connectivity index (χ0v) is 17.8. The number of hydrogen-bond donors (Lipinski definition) is 1. The Hall–Kier alpha value is -3.28. The molecular formula is C24H17Cl2N3O2. The van der Waals surface area contributed by atoms with Gasteiger partial charge in [0.05, 0.1) is 10.0 Å². The topological polar surface area (TPSA) is 59.5 Å². The lowest BCUT2D eigenvalue weighted by Crippen LogP contribution is -2.27. The number of oxazole rings is 1. The number of carbonyl (C=O) groups is 1. The van der Waals surface area contributed by atoms with Crippen LogP contribution < -0.4 is 5.32 Å². The first kappa shape index (κ1) is 19.7. The van der Waals surface area contributed by atoms with Crippen molar-refractivity contribution in [1.82, 2.24) is 14.7 Å². The molecule has 0 saturated carbocycles. The Morgan fingerprint density at radius 2 is 1.84 bits per heavy atom. The van der Waals surface area contributed by atoms with Crippen LogP contribution in [0, 0.1) is 0 Å². The van der Waals surface area contributed by atoms with Gasteiger partial charge in [-0.25, -0.2) is 0 Å². The molecule has 5 rings (SSSR count). The lowest BCUT2D eigenvalue weighted by molar-refractivity contribution is 0.0949. The molecule has 0 saturated heterocycles. The molecule has 2 aromatic heterocycles. The number of aromatic nitrogens is 2. The van der Waals surface area contributed by atoms with E-state index in [1.165, 1.54) is 6.26 Å². The predicted octanol–water partition coefficient (Wildman–Crippen LogP) is 6.03. The number of halogens is 2. The van der Waals surface area contributed by atoms with E-state index in [9.17, 15) is 4.79 Å². The van der Waals surface area contributed by atoms with E-state index < -0.39 is 0 Å². The Labute approximate surface area is 188 Å². The fraction of sp³-hybridized carbons (Fsp3) is 0.0833. The summed E-state index contributed by atoms with van der Waals surface area (Å²) >= 11 is 12.0. The zero-order chi connectivity index (χ0) is 21.4. The maximum absolute atomic E-state index is 13.1. The average molecular weight is 450 g/mol. The molecule has 5 nitrogen and oxygen atoms in total. The first-order valence-electron chi connectivity index (χ1n) is 9.77. The highest BCUT2D eigenvalue weighted by Gasteiger charge is 2.22. The molecule has 0 fully saturated rings. The van der Waals surface area contributed by atoms with Crippen LogP contribution in [0.15, 0.2) is 77.5 Å². The molecule has 0 aliphatic carbocycles. The molecule has 154 valence electrons. The van der Waals surface area contributed by atoms with E-state index in [0.717, 1.165) is 21.9 Å². The number of fused-ring (bicyclic) bond motifs is 2. The van der Waals surface area contributed by atoms with Gasteiger partial charge >= 0.3 is 5.84 Å². The van der Waals surface area contributed by atoms with Gasteiger partial charge in [0.2, 0.25) is 0 Å². The predicted molar refractivity (Wildman–Crippen MR) is 123 cm³/mol. The minimum atomic E-state index is -0.225. The van der Waals surface area contributed by atoms with Crippen LogP contribution in [-0.2, 0) is 6.42 Å². The van der Waals surface area contributed by atoms with Crippen molar-refractivity contribution in [3.05, 3.63) is 94.4 Å². The Bertz CT molecular complexity index is 1420. The van der Waals surface area contributed by atoms with Gasteiger partial charge in [-0.05, 0) is 41.0 Å². The van der Waals surface area contributed by atoms with Crippen molar-refractivity contribution in [3.63, 3.8) is 0 Å². The summed E-state index contributed by atoms with van der Waals surface area (Å²) in [6.45, 7) is 0.443. The fourth-order valence-corrected chi connectivity index (χ4v) is 3.96. The molecule has 5 aromatic rings. The number of nitrogens with zero attached hydrogens (tertiary/aromatic N) is 2. The molecule has 0 spiro atoms. The van der Waals surface area contributed by atoms with Gasteiger partial charge in [-0.1, -0.05) is 65.7 Å². The Morgan fingerprint density at radius 1 is 1.00 bits per heavy atom. The summed E-state index contributed by atoms with van der Waals surface area (Å²) < 4.78 is 7.11. The molecule has 1 N–H and O–H groups in total. The molecule has 0 atom stereocenters. The zero-order valence-electron chi connectivity index (χ0n) is 16.3. The van der Waals surface area contributed by atoms with Crippen LogP contribution in [0.2, 0.25) is 10.0 Å². The van der Waals surface area contributed by atoms with Crippen molar-refractivity contribution < 1.29 is 9.21 Å². The highest BCUT2D eigenvalue weighted by atomic mass is 35.5. The molecule has 0 unspecified atom stereocenters. The quantitative estimate of drug-likeness (QED) is 0.356. The summed E-state index contributed by atoms with van der Waals surface area (Å²) in [6, 6.07) is 19.6. The molecule has 2 heterocycles. The van der Waals surface area contributed by atoms with Gasteiger partial charge in [0.15, 0.2) is 0 Å². The summed E-state index contributed by atoms with van der Waals surface area (Å²) in [6.07, 6.45) is 3.83. The van der Waals surface area contributed by atoms with E-state index in [2.05, 4.69) is 16.4 Å². The second-order valence-corrected chi connectivity index (χ2v) is 8.00. The van der Waals surface area contributed by atoms with E-state index >= 15 is 0 Å². The van der Waals surface area contributed by atoms with Gasteiger partial charge in [-0.3, -0.25) is 9.20 Å². The highest BCUT2D eigenvalue weighted by Crippen LogP contribution is 2.28. The molecule has 7 heteroatoms. The van der Waals surface area contributed by atoms with Crippen LogP contribution >= 0.6 is 23.2 Å². The van der Waals surface area contributed by atoms with E-state index in [1.54, 1.807) is 16.7 Å². The smallest absolute Gasteiger partial charge is 0.306 e. The van der Waals surface area contributed by atoms with Crippen LogP contribution in [0.25, 0.3) is 27.9 Å². The highest BCUT2D eigenvalue weighted by molar-refractivity contribution is 6.42. The third-order valence-corrected chi connectivity index (χ3v) is 5.92. The fourth-order valence-electron chi connectivity index (χ4n) is 3.64. The normalized spacial score (nSPS) is 11.3. The largest absolute Gasteiger partial charge is 0.432 e. The molecule has 0 bridgehead atoms. The van der Waals surface area contributed by atoms with Gasteiger partial charge in [0.25, 0.3) is 5.91 Å². The van der Waals surface area contributed by atoms with Crippen molar-refractivity contribution in [3.8, 4) is 11.3 Å². The number of amides is 1. The van der Waals surface area contributed by atoms with Crippen molar-refractivity contribution in [2.24, 2.45) is 0 Å². The van der Waals surface area contributed by atoms with Crippen molar-refractivity contribution >= 4 is 45.7 Å². The number of rotatable bonds is 5.